The Morgan fingerprint density at radius 1 is 1.28 bits per heavy atom. The smallest absolute Gasteiger partial charge is 0.311 e. The first-order valence-corrected chi connectivity index (χ1v) is 4.94. The van der Waals surface area contributed by atoms with E-state index in [1.54, 1.807) is 6.07 Å². The zero-order valence-electron chi connectivity index (χ0n) is 9.00. The Labute approximate surface area is 101 Å². The van der Waals surface area contributed by atoms with Gasteiger partial charge in [0.2, 0.25) is 11.7 Å². The summed E-state index contributed by atoms with van der Waals surface area (Å²) in [6.45, 7) is 0. The normalized spacial score (nSPS) is 10.1. The zero-order valence-corrected chi connectivity index (χ0v) is 9.00. The molecular formula is C11H8FN3O3. The number of benzene rings is 1. The maximum Gasteiger partial charge on any atom is 0.311 e. The van der Waals surface area contributed by atoms with Crippen LogP contribution in [0.4, 0.5) is 21.6 Å². The van der Waals surface area contributed by atoms with E-state index in [2.05, 4.69) is 10.3 Å². The van der Waals surface area contributed by atoms with Gasteiger partial charge in [-0.1, -0.05) is 12.1 Å². The molecule has 0 unspecified atom stereocenters. The molecule has 0 saturated heterocycles. The van der Waals surface area contributed by atoms with Crippen molar-refractivity contribution in [2.45, 2.75) is 0 Å². The van der Waals surface area contributed by atoms with E-state index in [1.807, 2.05) is 0 Å². The maximum atomic E-state index is 13.4. The van der Waals surface area contributed by atoms with E-state index in [4.69, 9.17) is 0 Å². The lowest BCUT2D eigenvalue weighted by molar-refractivity contribution is -0.384. The van der Waals surface area contributed by atoms with Gasteiger partial charge in [0, 0.05) is 12.1 Å². The van der Waals surface area contributed by atoms with Crippen LogP contribution in [-0.2, 0) is 0 Å². The first-order valence-electron chi connectivity index (χ1n) is 4.94. The van der Waals surface area contributed by atoms with Crippen LogP contribution in [0.1, 0.15) is 0 Å². The Kier molecular flexibility index (Phi) is 3.05. The number of rotatable bonds is 3. The monoisotopic (exact) mass is 249 g/mol. The fourth-order valence-corrected chi connectivity index (χ4v) is 1.37. The van der Waals surface area contributed by atoms with Crippen molar-refractivity contribution in [1.82, 2.24) is 4.98 Å². The van der Waals surface area contributed by atoms with Crippen LogP contribution in [0.3, 0.4) is 0 Å². The SMILES string of the molecule is O=[N+]([O-])c1ccc(O)nc1Nc1ccccc1F. The topological polar surface area (TPSA) is 88.3 Å². The number of nitro groups is 1. The van der Waals surface area contributed by atoms with Crippen molar-refractivity contribution < 1.29 is 14.4 Å². The quantitative estimate of drug-likeness (QED) is 0.644. The van der Waals surface area contributed by atoms with Crippen LogP contribution in [0.25, 0.3) is 0 Å². The van der Waals surface area contributed by atoms with Gasteiger partial charge in [0.25, 0.3) is 0 Å². The van der Waals surface area contributed by atoms with Crippen LogP contribution in [0.2, 0.25) is 0 Å². The van der Waals surface area contributed by atoms with Gasteiger partial charge in [0.1, 0.15) is 5.82 Å². The number of halogens is 1. The van der Waals surface area contributed by atoms with E-state index in [-0.39, 0.29) is 23.1 Å². The summed E-state index contributed by atoms with van der Waals surface area (Å²) in [4.78, 5) is 13.7. The van der Waals surface area contributed by atoms with Crippen molar-refractivity contribution in [1.29, 1.82) is 0 Å². The molecule has 92 valence electrons. The molecule has 7 heteroatoms. The third-order valence-electron chi connectivity index (χ3n) is 2.18. The van der Waals surface area contributed by atoms with Gasteiger partial charge in [-0.3, -0.25) is 10.1 Å². The highest BCUT2D eigenvalue weighted by atomic mass is 19.1. The summed E-state index contributed by atoms with van der Waals surface area (Å²) in [6, 6.07) is 7.85. The number of aromatic hydroxyl groups is 1. The molecule has 0 fully saturated rings. The molecule has 2 rings (SSSR count). The van der Waals surface area contributed by atoms with E-state index < -0.39 is 10.7 Å². The van der Waals surface area contributed by atoms with Crippen molar-refractivity contribution in [3.8, 4) is 5.88 Å². The number of aromatic nitrogens is 1. The minimum atomic E-state index is -0.671. The number of nitrogens with zero attached hydrogens (tertiary/aromatic N) is 2. The van der Waals surface area contributed by atoms with Crippen molar-refractivity contribution in [3.05, 3.63) is 52.3 Å². The molecule has 1 aromatic carbocycles. The molecule has 18 heavy (non-hydrogen) atoms. The predicted octanol–water partition coefficient (Wildman–Crippen LogP) is 2.58. The lowest BCUT2D eigenvalue weighted by atomic mass is 10.3. The summed E-state index contributed by atoms with van der Waals surface area (Å²) in [7, 11) is 0. The Hall–Kier alpha value is -2.70. The van der Waals surface area contributed by atoms with Gasteiger partial charge in [0.15, 0.2) is 0 Å². The number of para-hydroxylation sites is 1. The van der Waals surface area contributed by atoms with Crippen molar-refractivity contribution in [3.63, 3.8) is 0 Å². The highest BCUT2D eigenvalue weighted by Gasteiger charge is 2.17. The van der Waals surface area contributed by atoms with Gasteiger partial charge in [-0.05, 0) is 12.1 Å². The van der Waals surface area contributed by atoms with Crippen LogP contribution in [-0.4, -0.2) is 15.0 Å². The summed E-state index contributed by atoms with van der Waals surface area (Å²) in [5.41, 5.74) is -0.310. The number of pyridine rings is 1. The molecule has 0 aliphatic carbocycles. The first kappa shape index (κ1) is 11.8. The second kappa shape index (κ2) is 4.66. The van der Waals surface area contributed by atoms with E-state index in [0.717, 1.165) is 12.1 Å². The molecule has 0 aliphatic heterocycles. The number of nitrogens with one attached hydrogen (secondary N) is 1. The summed E-state index contributed by atoms with van der Waals surface area (Å²) < 4.78 is 13.4. The number of hydrogen-bond acceptors (Lipinski definition) is 5. The minimum Gasteiger partial charge on any atom is -0.493 e. The van der Waals surface area contributed by atoms with E-state index >= 15 is 0 Å². The first-order chi connectivity index (χ1) is 8.58. The third kappa shape index (κ3) is 2.34. The van der Waals surface area contributed by atoms with Crippen LogP contribution in [0, 0.1) is 15.9 Å². The molecule has 0 radical (unpaired) electrons. The molecule has 1 heterocycles. The average Bonchev–Trinajstić information content (AvgIpc) is 2.32. The Balaban J connectivity index is 2.42. The standard InChI is InChI=1S/C11H8FN3O3/c12-7-3-1-2-4-8(7)13-11-9(15(17)18)5-6-10(16)14-11/h1-6H,(H2,13,14,16). The minimum absolute atomic E-state index is 0.0405. The molecule has 0 spiro atoms. The molecule has 0 atom stereocenters. The van der Waals surface area contributed by atoms with E-state index in [0.29, 0.717) is 0 Å². The number of anilines is 2. The van der Waals surface area contributed by atoms with Gasteiger partial charge in [-0.15, -0.1) is 0 Å². The fraction of sp³-hybridized carbons (Fsp3) is 0. The lowest BCUT2D eigenvalue weighted by Gasteiger charge is -2.07. The van der Waals surface area contributed by atoms with Crippen LogP contribution < -0.4 is 5.32 Å². The summed E-state index contributed by atoms with van der Waals surface area (Å²) >= 11 is 0. The molecule has 0 saturated carbocycles. The largest absolute Gasteiger partial charge is 0.493 e. The Morgan fingerprint density at radius 3 is 2.67 bits per heavy atom. The van der Waals surface area contributed by atoms with Crippen LogP contribution >= 0.6 is 0 Å². The second-order valence-corrected chi connectivity index (χ2v) is 3.40. The van der Waals surface area contributed by atoms with E-state index in [1.165, 1.54) is 18.2 Å². The Morgan fingerprint density at radius 2 is 2.00 bits per heavy atom. The van der Waals surface area contributed by atoms with Gasteiger partial charge in [-0.2, -0.15) is 4.98 Å². The molecular weight excluding hydrogens is 241 g/mol. The van der Waals surface area contributed by atoms with Crippen LogP contribution in [0.5, 0.6) is 5.88 Å². The molecule has 1 aromatic heterocycles. The van der Waals surface area contributed by atoms with Crippen molar-refractivity contribution >= 4 is 17.2 Å². The zero-order chi connectivity index (χ0) is 13.1. The molecule has 0 bridgehead atoms. The summed E-state index contributed by atoms with van der Waals surface area (Å²) in [6.07, 6.45) is 0. The number of hydrogen-bond donors (Lipinski definition) is 2. The predicted molar refractivity (Wildman–Crippen MR) is 62.2 cm³/mol. The highest BCUT2D eigenvalue weighted by Crippen LogP contribution is 2.28. The van der Waals surface area contributed by atoms with Crippen molar-refractivity contribution in [2.75, 3.05) is 5.32 Å². The summed E-state index contributed by atoms with van der Waals surface area (Å²) in [5.74, 6) is -1.18. The lowest BCUT2D eigenvalue weighted by Crippen LogP contribution is -2.00. The molecule has 2 aromatic rings. The van der Waals surface area contributed by atoms with E-state index in [9.17, 15) is 19.6 Å². The molecule has 0 aliphatic rings. The highest BCUT2D eigenvalue weighted by molar-refractivity contribution is 5.66. The van der Waals surface area contributed by atoms with Gasteiger partial charge >= 0.3 is 5.69 Å². The maximum absolute atomic E-state index is 13.4. The molecule has 6 nitrogen and oxygen atoms in total. The van der Waals surface area contributed by atoms with Crippen LogP contribution in [0.15, 0.2) is 36.4 Å². The van der Waals surface area contributed by atoms with Crippen molar-refractivity contribution in [2.24, 2.45) is 0 Å². The Bertz CT molecular complexity index is 604. The third-order valence-corrected chi connectivity index (χ3v) is 2.18. The van der Waals surface area contributed by atoms with Gasteiger partial charge in [-0.25, -0.2) is 4.39 Å². The summed E-state index contributed by atoms with van der Waals surface area (Å²) in [5, 5.41) is 22.4. The van der Waals surface area contributed by atoms with Gasteiger partial charge in [0.05, 0.1) is 10.6 Å². The second-order valence-electron chi connectivity index (χ2n) is 3.40. The fourth-order valence-electron chi connectivity index (χ4n) is 1.37. The molecule has 0 amide bonds. The average molecular weight is 249 g/mol. The molecule has 2 N–H and O–H groups in total. The van der Waals surface area contributed by atoms with Gasteiger partial charge < -0.3 is 10.4 Å².